The Balaban J connectivity index is 1.77. The number of aromatic nitrogens is 1. The summed E-state index contributed by atoms with van der Waals surface area (Å²) in [5.74, 6) is -0.236. The van der Waals surface area contributed by atoms with Crippen LogP contribution in [0.15, 0.2) is 10.9 Å². The minimum absolute atomic E-state index is 0.183. The van der Waals surface area contributed by atoms with Gasteiger partial charge in [-0.15, -0.1) is 0 Å². The first-order valence-corrected chi connectivity index (χ1v) is 8.87. The van der Waals surface area contributed by atoms with Crippen molar-refractivity contribution in [1.82, 2.24) is 14.4 Å². The van der Waals surface area contributed by atoms with Gasteiger partial charge >= 0.3 is 6.09 Å². The van der Waals surface area contributed by atoms with Gasteiger partial charge in [-0.05, 0) is 45.2 Å². The molecule has 0 N–H and O–H groups in total. The summed E-state index contributed by atoms with van der Waals surface area (Å²) in [7, 11) is 0. The predicted molar refractivity (Wildman–Crippen MR) is 92.9 cm³/mol. The summed E-state index contributed by atoms with van der Waals surface area (Å²) in [4.78, 5) is 40.8. The maximum atomic E-state index is 12.9. The lowest BCUT2D eigenvalue weighted by Gasteiger charge is -2.34. The molecule has 0 radical (unpaired) electrons. The molecule has 2 fully saturated rings. The Morgan fingerprint density at radius 2 is 1.72 bits per heavy atom. The lowest BCUT2D eigenvalue weighted by molar-refractivity contribution is 0.0568. The molecule has 1 aliphatic heterocycles. The molecule has 1 aliphatic carbocycles. The highest BCUT2D eigenvalue weighted by Crippen LogP contribution is 2.34. The second-order valence-electron chi connectivity index (χ2n) is 6.73. The van der Waals surface area contributed by atoms with Crippen LogP contribution in [0.3, 0.4) is 0 Å². The van der Waals surface area contributed by atoms with Crippen LogP contribution in [0.4, 0.5) is 4.79 Å². The van der Waals surface area contributed by atoms with Crippen LogP contribution in [0.5, 0.6) is 0 Å². The van der Waals surface area contributed by atoms with Gasteiger partial charge in [-0.25, -0.2) is 4.79 Å². The molecule has 136 valence electrons. The quantitative estimate of drug-likeness (QED) is 0.834. The smallest absolute Gasteiger partial charge is 0.409 e. The fraction of sp³-hybridized carbons (Fsp3) is 0.611. The van der Waals surface area contributed by atoms with E-state index >= 15 is 0 Å². The SMILES string of the molecule is CCOC(=O)N1CCN(C(=O)c2c(C)cc(C)n(C3CC3)c2=O)CC1. The standard InChI is InChI=1S/C18H25N3O4/c1-4-25-18(24)20-9-7-19(8-10-20)16(22)15-12(2)11-13(3)21(17(15)23)14-5-6-14/h11,14H,4-10H2,1-3H3. The third kappa shape index (κ3) is 3.41. The average Bonchev–Trinajstić information content (AvgIpc) is 3.39. The fourth-order valence-corrected chi connectivity index (χ4v) is 3.42. The molecule has 25 heavy (non-hydrogen) atoms. The average molecular weight is 347 g/mol. The normalized spacial score (nSPS) is 17.6. The Kier molecular flexibility index (Phi) is 4.83. The monoisotopic (exact) mass is 347 g/mol. The predicted octanol–water partition coefficient (Wildman–Crippen LogP) is 1.71. The first-order valence-electron chi connectivity index (χ1n) is 8.87. The van der Waals surface area contributed by atoms with E-state index in [1.54, 1.807) is 21.3 Å². The number of hydrogen-bond donors (Lipinski definition) is 0. The molecule has 7 nitrogen and oxygen atoms in total. The van der Waals surface area contributed by atoms with Crippen molar-refractivity contribution in [2.75, 3.05) is 32.8 Å². The lowest BCUT2D eigenvalue weighted by Crippen LogP contribution is -2.51. The topological polar surface area (TPSA) is 71.8 Å². The first-order chi connectivity index (χ1) is 11.9. The Morgan fingerprint density at radius 1 is 1.12 bits per heavy atom. The second-order valence-corrected chi connectivity index (χ2v) is 6.73. The van der Waals surface area contributed by atoms with Crippen LogP contribution in [0.25, 0.3) is 0 Å². The summed E-state index contributed by atoms with van der Waals surface area (Å²) in [6.45, 7) is 7.50. The van der Waals surface area contributed by atoms with Gasteiger partial charge in [-0.2, -0.15) is 0 Å². The maximum Gasteiger partial charge on any atom is 0.409 e. The molecule has 2 heterocycles. The molecule has 1 saturated carbocycles. The van der Waals surface area contributed by atoms with E-state index in [1.807, 2.05) is 19.9 Å². The summed E-state index contributed by atoms with van der Waals surface area (Å²) in [6.07, 6.45) is 1.64. The summed E-state index contributed by atoms with van der Waals surface area (Å²) in [5, 5.41) is 0. The Bertz CT molecular complexity index is 743. The van der Waals surface area contributed by atoms with Gasteiger partial charge < -0.3 is 19.1 Å². The van der Waals surface area contributed by atoms with Gasteiger partial charge in [0.25, 0.3) is 11.5 Å². The van der Waals surface area contributed by atoms with E-state index in [0.29, 0.717) is 32.8 Å². The van der Waals surface area contributed by atoms with E-state index in [4.69, 9.17) is 4.74 Å². The first kappa shape index (κ1) is 17.5. The number of piperazine rings is 1. The molecule has 1 aromatic rings. The van der Waals surface area contributed by atoms with Crippen molar-refractivity contribution in [3.63, 3.8) is 0 Å². The molecule has 0 unspecified atom stereocenters. The van der Waals surface area contributed by atoms with Crippen LogP contribution in [0, 0.1) is 13.8 Å². The van der Waals surface area contributed by atoms with Crippen molar-refractivity contribution < 1.29 is 14.3 Å². The highest BCUT2D eigenvalue weighted by Gasteiger charge is 2.31. The zero-order chi connectivity index (χ0) is 18.1. The van der Waals surface area contributed by atoms with Crippen LogP contribution in [0.1, 0.15) is 47.4 Å². The van der Waals surface area contributed by atoms with E-state index in [-0.39, 0.29) is 29.2 Å². The highest BCUT2D eigenvalue weighted by molar-refractivity contribution is 5.95. The lowest BCUT2D eigenvalue weighted by atomic mass is 10.1. The highest BCUT2D eigenvalue weighted by atomic mass is 16.6. The largest absolute Gasteiger partial charge is 0.450 e. The number of amides is 2. The fourth-order valence-electron chi connectivity index (χ4n) is 3.42. The molecule has 0 aromatic carbocycles. The van der Waals surface area contributed by atoms with E-state index < -0.39 is 0 Å². The van der Waals surface area contributed by atoms with Crippen molar-refractivity contribution in [3.05, 3.63) is 33.2 Å². The molecular weight excluding hydrogens is 322 g/mol. The third-order valence-corrected chi connectivity index (χ3v) is 4.85. The molecule has 0 bridgehead atoms. The molecule has 1 aromatic heterocycles. The van der Waals surface area contributed by atoms with E-state index in [0.717, 1.165) is 24.1 Å². The maximum absolute atomic E-state index is 12.9. The zero-order valence-electron chi connectivity index (χ0n) is 15.1. The van der Waals surface area contributed by atoms with Gasteiger partial charge in [0.05, 0.1) is 6.61 Å². The van der Waals surface area contributed by atoms with Gasteiger partial charge in [0.2, 0.25) is 0 Å². The van der Waals surface area contributed by atoms with Crippen LogP contribution in [0.2, 0.25) is 0 Å². The van der Waals surface area contributed by atoms with Gasteiger partial charge in [-0.3, -0.25) is 9.59 Å². The number of pyridine rings is 1. The summed E-state index contributed by atoms with van der Waals surface area (Å²) >= 11 is 0. The van der Waals surface area contributed by atoms with Crippen LogP contribution in [-0.4, -0.2) is 59.2 Å². The van der Waals surface area contributed by atoms with Crippen LogP contribution < -0.4 is 5.56 Å². The number of rotatable bonds is 3. The summed E-state index contributed by atoms with van der Waals surface area (Å²) < 4.78 is 6.75. The zero-order valence-corrected chi connectivity index (χ0v) is 15.1. The minimum Gasteiger partial charge on any atom is -0.450 e. The number of carbonyl (C=O) groups excluding carboxylic acids is 2. The Morgan fingerprint density at radius 3 is 2.28 bits per heavy atom. The van der Waals surface area contributed by atoms with Crippen molar-refractivity contribution in [3.8, 4) is 0 Å². The second kappa shape index (κ2) is 6.90. The van der Waals surface area contributed by atoms with Gasteiger partial charge in [0.15, 0.2) is 0 Å². The van der Waals surface area contributed by atoms with Crippen molar-refractivity contribution in [2.24, 2.45) is 0 Å². The van der Waals surface area contributed by atoms with Crippen LogP contribution >= 0.6 is 0 Å². The van der Waals surface area contributed by atoms with Gasteiger partial charge in [0.1, 0.15) is 5.56 Å². The third-order valence-electron chi connectivity index (χ3n) is 4.85. The van der Waals surface area contributed by atoms with Crippen LogP contribution in [-0.2, 0) is 4.74 Å². The molecule has 2 amide bonds. The van der Waals surface area contributed by atoms with Crippen molar-refractivity contribution in [1.29, 1.82) is 0 Å². The molecule has 0 atom stereocenters. The molecule has 3 rings (SSSR count). The van der Waals surface area contributed by atoms with E-state index in [9.17, 15) is 14.4 Å². The molecule has 2 aliphatic rings. The molecule has 7 heteroatoms. The number of carbonyl (C=O) groups is 2. The number of ether oxygens (including phenoxy) is 1. The minimum atomic E-state index is -0.350. The van der Waals surface area contributed by atoms with Crippen molar-refractivity contribution >= 4 is 12.0 Å². The number of aryl methyl sites for hydroxylation is 2. The van der Waals surface area contributed by atoms with E-state index in [2.05, 4.69) is 0 Å². The molecular formula is C18H25N3O4. The Hall–Kier alpha value is -2.31. The summed E-state index contributed by atoms with van der Waals surface area (Å²) in [5.41, 5.74) is 1.71. The van der Waals surface area contributed by atoms with E-state index in [1.165, 1.54) is 0 Å². The number of nitrogens with zero attached hydrogens (tertiary/aromatic N) is 3. The van der Waals surface area contributed by atoms with Gasteiger partial charge in [0, 0.05) is 37.9 Å². The van der Waals surface area contributed by atoms with Gasteiger partial charge in [-0.1, -0.05) is 0 Å². The van der Waals surface area contributed by atoms with Crippen molar-refractivity contribution in [2.45, 2.75) is 39.7 Å². The molecule has 0 spiro atoms. The summed E-state index contributed by atoms with van der Waals surface area (Å²) in [6, 6.07) is 2.15. The number of hydrogen-bond acceptors (Lipinski definition) is 4. The molecule has 1 saturated heterocycles. The Labute approximate surface area is 147 Å².